The molecule has 1 heterocycles. The van der Waals surface area contributed by atoms with Gasteiger partial charge in [-0.1, -0.05) is 6.58 Å². The quantitative estimate of drug-likeness (QED) is 0.492. The zero-order valence-corrected chi connectivity index (χ0v) is 8.29. The molecule has 1 aliphatic heterocycles. The molecule has 0 aromatic heterocycles. The Morgan fingerprint density at radius 1 is 1.46 bits per heavy atom. The van der Waals surface area contributed by atoms with Crippen LogP contribution in [0.25, 0.3) is 0 Å². The second kappa shape index (κ2) is 4.42. The molecule has 0 N–H and O–H groups in total. The SMILES string of the molecule is C=CC[N+]1(OC(C)=O)CCCCC1. The highest BCUT2D eigenvalue weighted by Gasteiger charge is 2.32. The fourth-order valence-corrected chi connectivity index (χ4v) is 1.91. The fourth-order valence-electron chi connectivity index (χ4n) is 1.91. The Balaban J connectivity index is 2.60. The fraction of sp³-hybridized carbons (Fsp3) is 0.700. The molecule has 1 rings (SSSR count). The van der Waals surface area contributed by atoms with E-state index >= 15 is 0 Å². The summed E-state index contributed by atoms with van der Waals surface area (Å²) in [6, 6.07) is 0. The molecule has 0 unspecified atom stereocenters. The Kier molecular flexibility index (Phi) is 3.48. The van der Waals surface area contributed by atoms with Gasteiger partial charge in [-0.25, -0.2) is 4.79 Å². The minimum Gasteiger partial charge on any atom is -0.277 e. The maximum atomic E-state index is 10.9. The van der Waals surface area contributed by atoms with E-state index in [2.05, 4.69) is 6.58 Å². The third-order valence-corrected chi connectivity index (χ3v) is 2.42. The predicted octanol–water partition coefficient (Wildman–Crippen LogP) is 1.65. The second-order valence-corrected chi connectivity index (χ2v) is 3.62. The van der Waals surface area contributed by atoms with Crippen molar-refractivity contribution < 1.29 is 14.3 Å². The summed E-state index contributed by atoms with van der Waals surface area (Å²) in [6.07, 6.45) is 5.36. The minimum atomic E-state index is -0.191. The van der Waals surface area contributed by atoms with Crippen molar-refractivity contribution in [2.75, 3.05) is 19.6 Å². The van der Waals surface area contributed by atoms with Gasteiger partial charge in [0.05, 0.1) is 0 Å². The van der Waals surface area contributed by atoms with Crippen molar-refractivity contribution in [2.45, 2.75) is 26.2 Å². The van der Waals surface area contributed by atoms with E-state index in [0.29, 0.717) is 4.65 Å². The normalized spacial score (nSPS) is 20.7. The van der Waals surface area contributed by atoms with E-state index in [-0.39, 0.29) is 5.97 Å². The van der Waals surface area contributed by atoms with Crippen LogP contribution in [0.3, 0.4) is 0 Å². The molecule has 3 heteroatoms. The highest BCUT2D eigenvalue weighted by atomic mass is 16.7. The van der Waals surface area contributed by atoms with Gasteiger partial charge in [0.15, 0.2) is 0 Å². The molecule has 0 atom stereocenters. The van der Waals surface area contributed by atoms with Crippen LogP contribution in [0.2, 0.25) is 0 Å². The first-order valence-electron chi connectivity index (χ1n) is 4.86. The smallest absolute Gasteiger partial charge is 0.277 e. The van der Waals surface area contributed by atoms with Crippen molar-refractivity contribution in [1.29, 1.82) is 0 Å². The van der Waals surface area contributed by atoms with E-state index in [9.17, 15) is 4.79 Å². The standard InChI is InChI=1S/C10H18NO2/c1-3-7-11(13-10(2)12)8-5-4-6-9-11/h3H,1,4-9H2,2H3/q+1. The van der Waals surface area contributed by atoms with Gasteiger partial charge >= 0.3 is 5.97 Å². The molecule has 1 aliphatic rings. The maximum Gasteiger partial charge on any atom is 0.363 e. The molecule has 0 aromatic carbocycles. The zero-order chi connectivity index (χ0) is 9.73. The van der Waals surface area contributed by atoms with Crippen LogP contribution in [0.1, 0.15) is 26.2 Å². The summed E-state index contributed by atoms with van der Waals surface area (Å²) >= 11 is 0. The van der Waals surface area contributed by atoms with Crippen LogP contribution in [-0.4, -0.2) is 30.2 Å². The number of carbonyl (C=O) groups is 1. The number of hydrogen-bond donors (Lipinski definition) is 0. The average molecular weight is 184 g/mol. The summed E-state index contributed by atoms with van der Waals surface area (Å²) in [5, 5.41) is 0. The molecule has 0 spiro atoms. The summed E-state index contributed by atoms with van der Waals surface area (Å²) in [5.74, 6) is -0.191. The van der Waals surface area contributed by atoms with Crippen LogP contribution in [0.4, 0.5) is 0 Å². The highest BCUT2D eigenvalue weighted by Crippen LogP contribution is 2.19. The molecule has 0 saturated carbocycles. The van der Waals surface area contributed by atoms with Crippen molar-refractivity contribution in [3.63, 3.8) is 0 Å². The van der Waals surface area contributed by atoms with E-state index in [1.165, 1.54) is 13.3 Å². The van der Waals surface area contributed by atoms with Gasteiger partial charge < -0.3 is 0 Å². The summed E-state index contributed by atoms with van der Waals surface area (Å²) < 4.78 is 0.457. The number of hydroxylamine groups is 3. The van der Waals surface area contributed by atoms with Gasteiger partial charge in [-0.3, -0.25) is 4.84 Å². The molecule has 13 heavy (non-hydrogen) atoms. The number of quaternary nitrogens is 1. The third kappa shape index (κ3) is 2.84. The van der Waals surface area contributed by atoms with Crippen LogP contribution >= 0.6 is 0 Å². The molecule has 0 aliphatic carbocycles. The number of likely N-dealkylation sites (tertiary alicyclic amines) is 1. The van der Waals surface area contributed by atoms with Gasteiger partial charge in [0.1, 0.15) is 19.6 Å². The van der Waals surface area contributed by atoms with Gasteiger partial charge in [0.25, 0.3) is 0 Å². The zero-order valence-electron chi connectivity index (χ0n) is 8.29. The number of nitrogens with zero attached hydrogens (tertiary/aromatic N) is 1. The van der Waals surface area contributed by atoms with E-state index in [1.54, 1.807) is 0 Å². The maximum absolute atomic E-state index is 10.9. The van der Waals surface area contributed by atoms with Gasteiger partial charge in [-0.2, -0.15) is 0 Å². The van der Waals surface area contributed by atoms with Gasteiger partial charge in [0.2, 0.25) is 0 Å². The second-order valence-electron chi connectivity index (χ2n) is 3.62. The van der Waals surface area contributed by atoms with Gasteiger partial charge in [0, 0.05) is 19.8 Å². The number of rotatable bonds is 3. The number of piperidine rings is 1. The van der Waals surface area contributed by atoms with Crippen molar-refractivity contribution in [2.24, 2.45) is 0 Å². The predicted molar refractivity (Wildman–Crippen MR) is 50.7 cm³/mol. The summed E-state index contributed by atoms with van der Waals surface area (Å²) in [7, 11) is 0. The Morgan fingerprint density at radius 3 is 2.54 bits per heavy atom. The van der Waals surface area contributed by atoms with Crippen LogP contribution in [0.5, 0.6) is 0 Å². The Hall–Kier alpha value is -0.830. The van der Waals surface area contributed by atoms with Gasteiger partial charge in [-0.05, 0) is 12.5 Å². The molecule has 0 amide bonds. The summed E-state index contributed by atoms with van der Waals surface area (Å²) in [6.45, 7) is 7.78. The van der Waals surface area contributed by atoms with Crippen LogP contribution in [-0.2, 0) is 9.63 Å². The molecule has 3 nitrogen and oxygen atoms in total. The molecular formula is C10H18NO2+. The Morgan fingerprint density at radius 2 is 2.08 bits per heavy atom. The minimum absolute atomic E-state index is 0.191. The van der Waals surface area contributed by atoms with Gasteiger partial charge in [-0.15, -0.1) is 4.65 Å². The van der Waals surface area contributed by atoms with Crippen molar-refractivity contribution in [3.05, 3.63) is 12.7 Å². The molecule has 74 valence electrons. The molecule has 0 aromatic rings. The number of carbonyl (C=O) groups excluding carboxylic acids is 1. The molecule has 0 bridgehead atoms. The first-order chi connectivity index (χ1) is 6.18. The highest BCUT2D eigenvalue weighted by molar-refractivity contribution is 5.65. The largest absolute Gasteiger partial charge is 0.363 e. The van der Waals surface area contributed by atoms with Crippen molar-refractivity contribution in [1.82, 2.24) is 0 Å². The lowest BCUT2D eigenvalue weighted by Crippen LogP contribution is -2.52. The molecular weight excluding hydrogens is 166 g/mol. The van der Waals surface area contributed by atoms with Crippen molar-refractivity contribution >= 4 is 5.97 Å². The molecule has 1 fully saturated rings. The lowest BCUT2D eigenvalue weighted by molar-refractivity contribution is -1.09. The summed E-state index contributed by atoms with van der Waals surface area (Å²) in [4.78, 5) is 16.3. The first kappa shape index (κ1) is 10.3. The van der Waals surface area contributed by atoms with E-state index in [4.69, 9.17) is 4.84 Å². The van der Waals surface area contributed by atoms with Crippen LogP contribution < -0.4 is 0 Å². The van der Waals surface area contributed by atoms with E-state index in [0.717, 1.165) is 32.5 Å². The first-order valence-corrected chi connectivity index (χ1v) is 4.86. The van der Waals surface area contributed by atoms with Crippen molar-refractivity contribution in [3.8, 4) is 0 Å². The van der Waals surface area contributed by atoms with E-state index in [1.807, 2.05) is 6.08 Å². The monoisotopic (exact) mass is 184 g/mol. The Bertz CT molecular complexity index is 195. The lowest BCUT2D eigenvalue weighted by Gasteiger charge is -2.36. The van der Waals surface area contributed by atoms with Crippen LogP contribution in [0.15, 0.2) is 12.7 Å². The number of hydrogen-bond acceptors (Lipinski definition) is 2. The molecule has 1 saturated heterocycles. The average Bonchev–Trinajstić information content (AvgIpc) is 2.04. The third-order valence-electron chi connectivity index (χ3n) is 2.42. The lowest BCUT2D eigenvalue weighted by atomic mass is 10.1. The Labute approximate surface area is 79.5 Å². The summed E-state index contributed by atoms with van der Waals surface area (Å²) in [5.41, 5.74) is 0. The topological polar surface area (TPSA) is 26.3 Å². The van der Waals surface area contributed by atoms with E-state index < -0.39 is 0 Å². The van der Waals surface area contributed by atoms with Crippen LogP contribution in [0, 0.1) is 0 Å². The molecule has 0 radical (unpaired) electrons.